The van der Waals surface area contributed by atoms with Gasteiger partial charge in [0.2, 0.25) is 0 Å². The van der Waals surface area contributed by atoms with Crippen LogP contribution in [0.25, 0.3) is 0 Å². The minimum absolute atomic E-state index is 0.690. The molecule has 0 bridgehead atoms. The minimum Gasteiger partial charge on any atom is -0.493 e. The van der Waals surface area contributed by atoms with Crippen LogP contribution >= 0.6 is 15.9 Å². The largest absolute Gasteiger partial charge is 0.493 e. The second-order valence-corrected chi connectivity index (χ2v) is 5.16. The molecule has 0 amide bonds. The lowest BCUT2D eigenvalue weighted by Gasteiger charge is -2.27. The van der Waals surface area contributed by atoms with Crippen molar-refractivity contribution in [3.8, 4) is 11.5 Å². The predicted molar refractivity (Wildman–Crippen MR) is 71.7 cm³/mol. The number of hydrogen-bond acceptors (Lipinski definition) is 3. The van der Waals surface area contributed by atoms with Gasteiger partial charge in [0.15, 0.2) is 11.5 Å². The van der Waals surface area contributed by atoms with Crippen molar-refractivity contribution in [2.75, 3.05) is 14.2 Å². The molecule has 1 aliphatic carbocycles. The lowest BCUT2D eigenvalue weighted by molar-refractivity contribution is 0.336. The molecule has 2 rings (SSSR count). The van der Waals surface area contributed by atoms with Crippen LogP contribution in [-0.2, 0) is 6.54 Å². The highest BCUT2D eigenvalue weighted by molar-refractivity contribution is 9.10. The zero-order valence-electron chi connectivity index (χ0n) is 10.3. The van der Waals surface area contributed by atoms with E-state index in [0.29, 0.717) is 6.04 Å². The summed E-state index contributed by atoms with van der Waals surface area (Å²) < 4.78 is 11.6. The number of halogens is 1. The molecule has 0 spiro atoms. The highest BCUT2D eigenvalue weighted by Crippen LogP contribution is 2.33. The Balaban J connectivity index is 2.09. The SMILES string of the molecule is COc1cc(Br)c(CNC2CCC2)cc1OC. The third-order valence-electron chi connectivity index (χ3n) is 3.24. The molecule has 0 heterocycles. The molecular formula is C13H18BrNO2. The van der Waals surface area contributed by atoms with E-state index in [2.05, 4.69) is 21.2 Å². The molecule has 17 heavy (non-hydrogen) atoms. The second-order valence-electron chi connectivity index (χ2n) is 4.31. The first-order chi connectivity index (χ1) is 8.24. The molecule has 0 radical (unpaired) electrons. The van der Waals surface area contributed by atoms with Gasteiger partial charge in [0.25, 0.3) is 0 Å². The smallest absolute Gasteiger partial charge is 0.161 e. The zero-order chi connectivity index (χ0) is 12.3. The van der Waals surface area contributed by atoms with Gasteiger partial charge < -0.3 is 14.8 Å². The van der Waals surface area contributed by atoms with Crippen LogP contribution in [0.3, 0.4) is 0 Å². The van der Waals surface area contributed by atoms with Crippen molar-refractivity contribution in [1.29, 1.82) is 0 Å². The molecule has 3 nitrogen and oxygen atoms in total. The van der Waals surface area contributed by atoms with Crippen LogP contribution in [0.4, 0.5) is 0 Å². The van der Waals surface area contributed by atoms with E-state index in [-0.39, 0.29) is 0 Å². The first-order valence-electron chi connectivity index (χ1n) is 5.88. The van der Waals surface area contributed by atoms with Crippen LogP contribution in [0, 0.1) is 0 Å². The van der Waals surface area contributed by atoms with E-state index in [1.54, 1.807) is 14.2 Å². The van der Waals surface area contributed by atoms with E-state index >= 15 is 0 Å². The minimum atomic E-state index is 0.690. The average molecular weight is 300 g/mol. The summed E-state index contributed by atoms with van der Waals surface area (Å²) in [4.78, 5) is 0. The molecule has 0 aliphatic heterocycles. The van der Waals surface area contributed by atoms with E-state index in [9.17, 15) is 0 Å². The van der Waals surface area contributed by atoms with Gasteiger partial charge in [-0.05, 0) is 30.5 Å². The maximum atomic E-state index is 5.31. The molecule has 1 aliphatic rings. The number of hydrogen-bond donors (Lipinski definition) is 1. The standard InChI is InChI=1S/C13H18BrNO2/c1-16-12-6-9(8-15-10-4-3-5-10)11(14)7-13(12)17-2/h6-7,10,15H,3-5,8H2,1-2H3. The Hall–Kier alpha value is -0.740. The van der Waals surface area contributed by atoms with E-state index < -0.39 is 0 Å². The number of rotatable bonds is 5. The van der Waals surface area contributed by atoms with Crippen LogP contribution in [0.15, 0.2) is 16.6 Å². The van der Waals surface area contributed by atoms with Gasteiger partial charge in [-0.25, -0.2) is 0 Å². The maximum Gasteiger partial charge on any atom is 0.161 e. The summed E-state index contributed by atoms with van der Waals surface area (Å²) in [5.74, 6) is 1.54. The Morgan fingerprint density at radius 2 is 1.88 bits per heavy atom. The fourth-order valence-electron chi connectivity index (χ4n) is 1.90. The van der Waals surface area contributed by atoms with E-state index in [0.717, 1.165) is 22.5 Å². The lowest BCUT2D eigenvalue weighted by atomic mass is 9.93. The Bertz CT molecular complexity index is 391. The van der Waals surface area contributed by atoms with Crippen molar-refractivity contribution in [2.24, 2.45) is 0 Å². The molecule has 1 aromatic rings. The molecule has 0 unspecified atom stereocenters. The van der Waals surface area contributed by atoms with Crippen molar-refractivity contribution in [2.45, 2.75) is 31.8 Å². The quantitative estimate of drug-likeness (QED) is 0.906. The molecule has 94 valence electrons. The predicted octanol–water partition coefficient (Wildman–Crippen LogP) is 3.11. The number of methoxy groups -OCH3 is 2. The van der Waals surface area contributed by atoms with E-state index in [1.165, 1.54) is 24.8 Å². The molecule has 0 atom stereocenters. The lowest BCUT2D eigenvalue weighted by Crippen LogP contribution is -2.34. The first kappa shape index (κ1) is 12.7. The molecule has 4 heteroatoms. The van der Waals surface area contributed by atoms with Gasteiger partial charge in [0.1, 0.15) is 0 Å². The third kappa shape index (κ3) is 2.93. The van der Waals surface area contributed by atoms with Crippen LogP contribution in [0.1, 0.15) is 24.8 Å². The topological polar surface area (TPSA) is 30.5 Å². The number of ether oxygens (including phenoxy) is 2. The summed E-state index contributed by atoms with van der Waals surface area (Å²) in [7, 11) is 3.31. The van der Waals surface area contributed by atoms with Crippen molar-refractivity contribution < 1.29 is 9.47 Å². The Morgan fingerprint density at radius 1 is 1.24 bits per heavy atom. The van der Waals surface area contributed by atoms with Crippen molar-refractivity contribution >= 4 is 15.9 Å². The molecule has 1 N–H and O–H groups in total. The monoisotopic (exact) mass is 299 g/mol. The van der Waals surface area contributed by atoms with Crippen LogP contribution in [0.2, 0.25) is 0 Å². The van der Waals surface area contributed by atoms with Gasteiger partial charge in [-0.1, -0.05) is 22.4 Å². The van der Waals surface area contributed by atoms with Gasteiger partial charge >= 0.3 is 0 Å². The molecular weight excluding hydrogens is 282 g/mol. The fourth-order valence-corrected chi connectivity index (χ4v) is 2.36. The summed E-state index contributed by atoms with van der Waals surface area (Å²) in [5.41, 5.74) is 1.20. The van der Waals surface area contributed by atoms with Crippen molar-refractivity contribution in [3.63, 3.8) is 0 Å². The number of nitrogens with one attached hydrogen (secondary N) is 1. The Kier molecular flexibility index (Phi) is 4.29. The summed E-state index contributed by atoms with van der Waals surface area (Å²) >= 11 is 3.57. The highest BCUT2D eigenvalue weighted by Gasteiger charge is 2.17. The number of benzene rings is 1. The van der Waals surface area contributed by atoms with Gasteiger partial charge in [-0.2, -0.15) is 0 Å². The molecule has 0 aromatic heterocycles. The second kappa shape index (κ2) is 5.74. The van der Waals surface area contributed by atoms with E-state index in [1.807, 2.05) is 12.1 Å². The van der Waals surface area contributed by atoms with Gasteiger partial charge in [-0.15, -0.1) is 0 Å². The normalized spacial score (nSPS) is 15.5. The van der Waals surface area contributed by atoms with Crippen LogP contribution < -0.4 is 14.8 Å². The summed E-state index contributed by atoms with van der Waals surface area (Å²) in [5, 5.41) is 3.54. The summed E-state index contributed by atoms with van der Waals surface area (Å²) in [6.45, 7) is 0.867. The van der Waals surface area contributed by atoms with Crippen molar-refractivity contribution in [1.82, 2.24) is 5.32 Å². The zero-order valence-corrected chi connectivity index (χ0v) is 11.8. The Labute approximate surface area is 111 Å². The van der Waals surface area contributed by atoms with Crippen molar-refractivity contribution in [3.05, 3.63) is 22.2 Å². The first-order valence-corrected chi connectivity index (χ1v) is 6.67. The van der Waals surface area contributed by atoms with Crippen LogP contribution in [0.5, 0.6) is 11.5 Å². The fraction of sp³-hybridized carbons (Fsp3) is 0.538. The van der Waals surface area contributed by atoms with Gasteiger partial charge in [0.05, 0.1) is 14.2 Å². The van der Waals surface area contributed by atoms with Crippen LogP contribution in [-0.4, -0.2) is 20.3 Å². The highest BCUT2D eigenvalue weighted by atomic mass is 79.9. The Morgan fingerprint density at radius 3 is 2.41 bits per heavy atom. The molecule has 1 aromatic carbocycles. The van der Waals surface area contributed by atoms with Gasteiger partial charge in [0, 0.05) is 17.1 Å². The molecule has 0 saturated heterocycles. The maximum absolute atomic E-state index is 5.31. The summed E-state index contributed by atoms with van der Waals surface area (Å²) in [6.07, 6.45) is 3.95. The average Bonchev–Trinajstić information content (AvgIpc) is 2.28. The van der Waals surface area contributed by atoms with E-state index in [4.69, 9.17) is 9.47 Å². The third-order valence-corrected chi connectivity index (χ3v) is 3.98. The summed E-state index contributed by atoms with van der Waals surface area (Å²) in [6, 6.07) is 4.67. The molecule has 1 saturated carbocycles. The van der Waals surface area contributed by atoms with Gasteiger partial charge in [-0.3, -0.25) is 0 Å². The molecule has 1 fully saturated rings.